The van der Waals surface area contributed by atoms with Crippen molar-refractivity contribution in [2.24, 2.45) is 5.92 Å². The number of sulfonamides is 1. The summed E-state index contributed by atoms with van der Waals surface area (Å²) in [6, 6.07) is 8.28. The number of aryl methyl sites for hydroxylation is 1. The topological polar surface area (TPSA) is 180 Å². The van der Waals surface area contributed by atoms with Gasteiger partial charge in [0.05, 0.1) is 35.0 Å². The van der Waals surface area contributed by atoms with Crippen LogP contribution in [0.25, 0.3) is 0 Å². The summed E-state index contributed by atoms with van der Waals surface area (Å²) in [6.07, 6.45) is -8.87. The van der Waals surface area contributed by atoms with E-state index in [0.29, 0.717) is 5.56 Å². The molecule has 4 rings (SSSR count). The number of benzene rings is 1. The molecule has 3 heterocycles. The third-order valence-corrected chi connectivity index (χ3v) is 7.75. The molecule has 1 aliphatic rings. The number of ether oxygens (including phenoxy) is 1. The Labute approximate surface area is 273 Å². The summed E-state index contributed by atoms with van der Waals surface area (Å²) < 4.78 is 122. The Balaban J connectivity index is 0.000000419. The molecule has 12 nitrogen and oxygen atoms in total. The number of hydrogen-bond acceptors (Lipinski definition) is 10. The van der Waals surface area contributed by atoms with Crippen LogP contribution in [-0.4, -0.2) is 61.0 Å². The van der Waals surface area contributed by atoms with E-state index in [1.165, 1.54) is 24.0 Å². The van der Waals surface area contributed by atoms with Gasteiger partial charge in [0.1, 0.15) is 17.7 Å². The first kappa shape index (κ1) is 38.1. The van der Waals surface area contributed by atoms with Gasteiger partial charge in [-0.15, -0.1) is 0 Å². The molecule has 1 aliphatic heterocycles. The maximum atomic E-state index is 13.9. The number of aromatic nitrogens is 2. The van der Waals surface area contributed by atoms with Gasteiger partial charge in [0, 0.05) is 24.8 Å². The molecular weight excluding hydrogens is 695 g/mol. The summed E-state index contributed by atoms with van der Waals surface area (Å²) in [5.74, 6) is -6.77. The van der Waals surface area contributed by atoms with E-state index in [1.54, 1.807) is 13.0 Å². The minimum atomic E-state index is -5.04. The van der Waals surface area contributed by atoms with Gasteiger partial charge in [0.2, 0.25) is 15.9 Å². The van der Waals surface area contributed by atoms with Gasteiger partial charge < -0.3 is 14.7 Å². The van der Waals surface area contributed by atoms with E-state index in [0.717, 1.165) is 30.5 Å². The number of esters is 1. The molecule has 20 heteroatoms. The minimum Gasteiger partial charge on any atom is -0.478 e. The fourth-order valence-electron chi connectivity index (χ4n) is 4.32. The molecule has 1 fully saturated rings. The average Bonchev–Trinajstić information content (AvgIpc) is 2.97. The normalized spacial score (nSPS) is 13.3. The quantitative estimate of drug-likeness (QED) is 0.248. The molecular formula is C29H24F7N5O7S. The Morgan fingerprint density at radius 3 is 2.22 bits per heavy atom. The molecule has 2 aromatic heterocycles. The SMILES string of the molecule is CCOC(=O)c1cc(C#N)c(N2CC(C(=O)NS(=O)(=O)Cc3cc(C)ccc3F)C2)nc1C(F)(F)F.O=C(O)c1cccnc1C(F)(F)F. The van der Waals surface area contributed by atoms with E-state index in [4.69, 9.17) is 5.11 Å². The van der Waals surface area contributed by atoms with Gasteiger partial charge in [-0.05, 0) is 38.1 Å². The molecule has 49 heavy (non-hydrogen) atoms. The van der Waals surface area contributed by atoms with Crippen molar-refractivity contribution in [1.29, 1.82) is 5.26 Å². The lowest BCUT2D eigenvalue weighted by Crippen LogP contribution is -2.55. The predicted molar refractivity (Wildman–Crippen MR) is 154 cm³/mol. The number of carbonyl (C=O) groups excluding carboxylic acids is 2. The van der Waals surface area contributed by atoms with Crippen LogP contribution in [0.3, 0.4) is 0 Å². The van der Waals surface area contributed by atoms with Crippen molar-refractivity contribution in [2.75, 3.05) is 24.6 Å². The maximum absolute atomic E-state index is 13.9. The number of nitrogens with one attached hydrogen (secondary N) is 1. The number of rotatable bonds is 8. The van der Waals surface area contributed by atoms with E-state index in [9.17, 15) is 58.8 Å². The zero-order valence-electron chi connectivity index (χ0n) is 25.2. The number of nitriles is 1. The van der Waals surface area contributed by atoms with Gasteiger partial charge in [-0.2, -0.15) is 31.6 Å². The van der Waals surface area contributed by atoms with Gasteiger partial charge >= 0.3 is 24.3 Å². The zero-order chi connectivity index (χ0) is 36.9. The Morgan fingerprint density at radius 2 is 1.69 bits per heavy atom. The molecule has 0 radical (unpaired) electrons. The second-order valence-corrected chi connectivity index (χ2v) is 11.9. The fraction of sp³-hybridized carbons (Fsp3) is 0.310. The highest BCUT2D eigenvalue weighted by atomic mass is 32.2. The van der Waals surface area contributed by atoms with E-state index in [-0.39, 0.29) is 30.8 Å². The number of aromatic carboxylic acids is 1. The molecule has 0 saturated carbocycles. The molecule has 0 spiro atoms. The number of halogens is 7. The van der Waals surface area contributed by atoms with Crippen molar-refractivity contribution in [1.82, 2.24) is 14.7 Å². The van der Waals surface area contributed by atoms with Crippen LogP contribution < -0.4 is 9.62 Å². The molecule has 1 saturated heterocycles. The number of hydrogen-bond donors (Lipinski definition) is 2. The summed E-state index contributed by atoms with van der Waals surface area (Å²) in [4.78, 5) is 42.3. The number of anilines is 1. The van der Waals surface area contributed by atoms with Gasteiger partial charge in [-0.25, -0.2) is 27.4 Å². The van der Waals surface area contributed by atoms with Crippen molar-refractivity contribution < 1.29 is 63.4 Å². The summed E-state index contributed by atoms with van der Waals surface area (Å²) in [5, 5.41) is 17.8. The summed E-state index contributed by atoms with van der Waals surface area (Å²) in [6.45, 7) is 2.38. The summed E-state index contributed by atoms with van der Waals surface area (Å²) in [7, 11) is -4.26. The third kappa shape index (κ3) is 9.62. The van der Waals surface area contributed by atoms with Crippen LogP contribution in [0, 0.1) is 30.0 Å². The molecule has 0 bridgehead atoms. The van der Waals surface area contributed by atoms with E-state index < -0.39 is 86.0 Å². The first-order valence-corrected chi connectivity index (χ1v) is 15.3. The molecule has 1 aromatic carbocycles. The van der Waals surface area contributed by atoms with Crippen molar-refractivity contribution in [2.45, 2.75) is 32.0 Å². The fourth-order valence-corrected chi connectivity index (χ4v) is 5.50. The van der Waals surface area contributed by atoms with Crippen LogP contribution >= 0.6 is 0 Å². The van der Waals surface area contributed by atoms with E-state index in [2.05, 4.69) is 14.7 Å². The molecule has 3 aromatic rings. The minimum absolute atomic E-state index is 0.130. The maximum Gasteiger partial charge on any atom is 0.434 e. The third-order valence-electron chi connectivity index (χ3n) is 6.55. The monoisotopic (exact) mass is 719 g/mol. The molecule has 262 valence electrons. The molecule has 1 amide bonds. The lowest BCUT2D eigenvalue weighted by atomic mass is 9.98. The van der Waals surface area contributed by atoms with Crippen molar-refractivity contribution in [3.05, 3.63) is 87.6 Å². The van der Waals surface area contributed by atoms with Gasteiger partial charge in [0.25, 0.3) is 0 Å². The lowest BCUT2D eigenvalue weighted by Gasteiger charge is -2.39. The Hall–Kier alpha value is -5.32. The summed E-state index contributed by atoms with van der Waals surface area (Å²) >= 11 is 0. The number of pyridine rings is 2. The van der Waals surface area contributed by atoms with Crippen molar-refractivity contribution in [3.63, 3.8) is 0 Å². The zero-order valence-corrected chi connectivity index (χ0v) is 26.0. The average molecular weight is 720 g/mol. The largest absolute Gasteiger partial charge is 0.478 e. The molecule has 0 aliphatic carbocycles. The standard InChI is InChI=1S/C22H20F4N4O5S.C7H4F3NO2/c1-3-35-21(32)16-7-13(8-27)19(28-18(16)22(24,25)26)30-9-15(10-30)20(31)29-36(33,34)11-14-6-12(2)4-5-17(14)23;8-7(9,10)5-4(6(12)13)2-1-3-11-5/h4-7,15H,3,9-11H2,1-2H3,(H,29,31);1-3H,(H,12,13). The van der Waals surface area contributed by atoms with Crippen LogP contribution in [0.4, 0.5) is 36.6 Å². The number of carboxylic acids is 1. The predicted octanol–water partition coefficient (Wildman–Crippen LogP) is 4.48. The first-order chi connectivity index (χ1) is 22.7. The Kier molecular flexibility index (Phi) is 11.5. The number of amides is 1. The molecule has 2 N–H and O–H groups in total. The van der Waals surface area contributed by atoms with Crippen LogP contribution in [0.15, 0.2) is 42.6 Å². The summed E-state index contributed by atoms with van der Waals surface area (Å²) in [5.41, 5.74) is -4.55. The highest BCUT2D eigenvalue weighted by molar-refractivity contribution is 7.89. The smallest absolute Gasteiger partial charge is 0.434 e. The van der Waals surface area contributed by atoms with Crippen LogP contribution in [-0.2, 0) is 37.7 Å². The van der Waals surface area contributed by atoms with Crippen molar-refractivity contribution in [3.8, 4) is 6.07 Å². The molecule has 0 unspecified atom stereocenters. The number of carboxylic acid groups (broad SMARTS) is 1. The van der Waals surface area contributed by atoms with Gasteiger partial charge in [-0.3, -0.25) is 14.5 Å². The van der Waals surface area contributed by atoms with Crippen LogP contribution in [0.1, 0.15) is 55.7 Å². The number of carbonyl (C=O) groups is 3. The number of nitrogens with zero attached hydrogens (tertiary/aromatic N) is 4. The van der Waals surface area contributed by atoms with Gasteiger partial charge in [-0.1, -0.05) is 17.7 Å². The second kappa shape index (κ2) is 14.8. The highest BCUT2D eigenvalue weighted by Gasteiger charge is 2.42. The Morgan fingerprint density at radius 1 is 1.06 bits per heavy atom. The van der Waals surface area contributed by atoms with E-state index >= 15 is 0 Å². The van der Waals surface area contributed by atoms with Crippen LogP contribution in [0.5, 0.6) is 0 Å². The van der Waals surface area contributed by atoms with Crippen LogP contribution in [0.2, 0.25) is 0 Å². The van der Waals surface area contributed by atoms with Crippen molar-refractivity contribution >= 4 is 33.7 Å². The van der Waals surface area contributed by atoms with E-state index in [1.807, 2.05) is 4.72 Å². The number of alkyl halides is 6. The first-order valence-electron chi connectivity index (χ1n) is 13.7. The highest BCUT2D eigenvalue weighted by Crippen LogP contribution is 2.36. The molecule has 0 atom stereocenters. The van der Waals surface area contributed by atoms with Gasteiger partial charge in [0.15, 0.2) is 11.4 Å². The second-order valence-electron chi connectivity index (χ2n) is 10.2. The Bertz CT molecular complexity index is 1910. The lowest BCUT2D eigenvalue weighted by molar-refractivity contribution is -0.142.